The van der Waals surface area contributed by atoms with Crippen LogP contribution in [-0.4, -0.2) is 27.5 Å². The number of ether oxygens (including phenoxy) is 2. The molecule has 3 aromatic rings. The van der Waals surface area contributed by atoms with E-state index in [4.69, 9.17) is 9.47 Å². The molecule has 0 saturated heterocycles. The molecule has 0 radical (unpaired) electrons. The first-order valence-electron chi connectivity index (χ1n) is 8.91. The van der Waals surface area contributed by atoms with Gasteiger partial charge in [-0.2, -0.15) is 0 Å². The fourth-order valence-electron chi connectivity index (χ4n) is 3.59. The summed E-state index contributed by atoms with van der Waals surface area (Å²) in [5.74, 6) is 1.32. The Morgan fingerprint density at radius 2 is 2.19 bits per heavy atom. The number of hydrogen-bond donors (Lipinski definition) is 0. The van der Waals surface area contributed by atoms with Crippen LogP contribution in [-0.2, 0) is 6.42 Å². The molecule has 3 heterocycles. The highest BCUT2D eigenvalue weighted by molar-refractivity contribution is 7.12. The highest BCUT2D eigenvalue weighted by atomic mass is 32.1. The lowest BCUT2D eigenvalue weighted by molar-refractivity contribution is 0.0911. The average molecular weight is 382 g/mol. The molecular weight excluding hydrogens is 360 g/mol. The Morgan fingerprint density at radius 3 is 2.93 bits per heavy atom. The minimum absolute atomic E-state index is 0.0254. The second-order valence-electron chi connectivity index (χ2n) is 7.43. The predicted octanol–water partition coefficient (Wildman–Crippen LogP) is 4.53. The summed E-state index contributed by atoms with van der Waals surface area (Å²) in [4.78, 5) is 17.2. The van der Waals surface area contributed by atoms with Gasteiger partial charge in [0.25, 0.3) is 0 Å². The van der Waals surface area contributed by atoms with Crippen LogP contribution in [0.25, 0.3) is 5.13 Å². The van der Waals surface area contributed by atoms with Crippen LogP contribution in [0.3, 0.4) is 0 Å². The average Bonchev–Trinajstić information content (AvgIpc) is 3.29. The van der Waals surface area contributed by atoms with Crippen molar-refractivity contribution < 1.29 is 14.3 Å². The van der Waals surface area contributed by atoms with Crippen LogP contribution in [0.4, 0.5) is 0 Å². The zero-order chi connectivity index (χ0) is 19.2. The summed E-state index contributed by atoms with van der Waals surface area (Å²) in [5.41, 5.74) is 3.40. The van der Waals surface area contributed by atoms with Crippen LogP contribution in [0, 0.1) is 13.8 Å². The minimum atomic E-state index is -0.246. The first-order valence-corrected chi connectivity index (χ1v) is 9.79. The van der Waals surface area contributed by atoms with Crippen LogP contribution < -0.4 is 9.47 Å². The largest absolute Gasteiger partial charge is 0.483 e. The van der Waals surface area contributed by atoms with Crippen LogP contribution in [0.5, 0.6) is 11.5 Å². The Kier molecular flexibility index (Phi) is 4.30. The Bertz CT molecular complexity index is 1000. The van der Waals surface area contributed by atoms with Gasteiger partial charge in [-0.05, 0) is 39.8 Å². The van der Waals surface area contributed by atoms with Crippen LogP contribution in [0.15, 0.2) is 35.8 Å². The zero-order valence-corrected chi connectivity index (χ0v) is 16.7. The van der Waals surface area contributed by atoms with Gasteiger partial charge >= 0.3 is 0 Å². The lowest BCUT2D eigenvalue weighted by atomic mass is 10.0. The van der Waals surface area contributed by atoms with Crippen molar-refractivity contribution in [1.29, 1.82) is 0 Å². The van der Waals surface area contributed by atoms with E-state index in [0.29, 0.717) is 11.3 Å². The molecule has 0 atom stereocenters. The van der Waals surface area contributed by atoms with Gasteiger partial charge in [0, 0.05) is 40.5 Å². The van der Waals surface area contributed by atoms with E-state index in [-0.39, 0.29) is 18.0 Å². The fraction of sp³-hybridized carbons (Fsp3) is 0.333. The summed E-state index contributed by atoms with van der Waals surface area (Å²) in [6.45, 7) is 7.99. The van der Waals surface area contributed by atoms with Crippen molar-refractivity contribution in [1.82, 2.24) is 9.55 Å². The summed E-state index contributed by atoms with van der Waals surface area (Å²) in [5, 5.41) is 2.79. The van der Waals surface area contributed by atoms with Crippen molar-refractivity contribution in [2.24, 2.45) is 0 Å². The van der Waals surface area contributed by atoms with Crippen molar-refractivity contribution in [2.45, 2.75) is 39.7 Å². The molecule has 0 saturated carbocycles. The van der Waals surface area contributed by atoms with Gasteiger partial charge in [0.05, 0.1) is 0 Å². The molecule has 0 bridgehead atoms. The van der Waals surface area contributed by atoms with Crippen LogP contribution in [0.1, 0.15) is 41.2 Å². The lowest BCUT2D eigenvalue weighted by Gasteiger charge is -2.18. The first kappa shape index (κ1) is 17.8. The van der Waals surface area contributed by atoms with E-state index in [1.807, 2.05) is 48.1 Å². The number of ketones is 1. The van der Waals surface area contributed by atoms with Gasteiger partial charge in [-0.15, -0.1) is 11.3 Å². The van der Waals surface area contributed by atoms with Crippen molar-refractivity contribution in [3.63, 3.8) is 0 Å². The fourth-order valence-corrected chi connectivity index (χ4v) is 4.34. The molecule has 4 rings (SSSR count). The van der Waals surface area contributed by atoms with Gasteiger partial charge in [-0.25, -0.2) is 4.98 Å². The maximum absolute atomic E-state index is 12.8. The van der Waals surface area contributed by atoms with Gasteiger partial charge in [0.1, 0.15) is 5.60 Å². The number of carbonyl (C=O) groups excluding carboxylic acids is 1. The molecule has 1 aliphatic heterocycles. The molecular formula is C21H22N2O3S. The molecule has 0 N–H and O–H groups in total. The SMILES string of the molecule is Cc1cc(C(=O)COc2cccc3c2OC(C)(C)C3)c(C)n1-c1nccs1. The molecule has 2 aromatic heterocycles. The van der Waals surface area contributed by atoms with E-state index in [1.165, 1.54) is 0 Å². The van der Waals surface area contributed by atoms with E-state index < -0.39 is 0 Å². The van der Waals surface area contributed by atoms with E-state index in [1.54, 1.807) is 17.5 Å². The second kappa shape index (κ2) is 6.53. The molecule has 0 fully saturated rings. The van der Waals surface area contributed by atoms with E-state index in [9.17, 15) is 4.79 Å². The van der Waals surface area contributed by atoms with Crippen molar-refractivity contribution in [3.8, 4) is 16.6 Å². The summed E-state index contributed by atoms with van der Waals surface area (Å²) < 4.78 is 13.9. The third-order valence-electron chi connectivity index (χ3n) is 4.76. The van der Waals surface area contributed by atoms with E-state index >= 15 is 0 Å². The molecule has 0 unspecified atom stereocenters. The lowest BCUT2D eigenvalue weighted by Crippen LogP contribution is -2.24. The maximum Gasteiger partial charge on any atom is 0.202 e. The summed E-state index contributed by atoms with van der Waals surface area (Å²) in [6.07, 6.45) is 2.60. The molecule has 0 spiro atoms. The maximum atomic E-state index is 12.8. The van der Waals surface area contributed by atoms with Gasteiger partial charge in [-0.3, -0.25) is 9.36 Å². The quantitative estimate of drug-likeness (QED) is 0.609. The smallest absolute Gasteiger partial charge is 0.202 e. The standard InChI is InChI=1S/C21H22N2O3S/c1-13-10-16(14(2)23(13)20-22-8-9-27-20)17(24)12-25-18-7-5-6-15-11-21(3,4)26-19(15)18/h5-10H,11-12H2,1-4H3. The number of carbonyl (C=O) groups is 1. The molecule has 1 aromatic carbocycles. The monoisotopic (exact) mass is 382 g/mol. The number of hydrogen-bond acceptors (Lipinski definition) is 5. The second-order valence-corrected chi connectivity index (χ2v) is 8.30. The zero-order valence-electron chi connectivity index (χ0n) is 15.9. The third kappa shape index (κ3) is 3.25. The number of fused-ring (bicyclic) bond motifs is 1. The summed E-state index contributed by atoms with van der Waals surface area (Å²) in [6, 6.07) is 7.74. The third-order valence-corrected chi connectivity index (χ3v) is 5.51. The van der Waals surface area contributed by atoms with Gasteiger partial charge < -0.3 is 9.47 Å². The number of para-hydroxylation sites is 1. The normalized spacial score (nSPS) is 14.7. The number of benzene rings is 1. The Balaban J connectivity index is 1.54. The van der Waals surface area contributed by atoms with Crippen molar-refractivity contribution in [2.75, 3.05) is 6.61 Å². The number of aryl methyl sites for hydroxylation is 1. The molecule has 5 nitrogen and oxygen atoms in total. The number of thiazole rings is 1. The number of rotatable bonds is 5. The molecule has 0 aliphatic carbocycles. The van der Waals surface area contributed by atoms with Crippen molar-refractivity contribution in [3.05, 3.63) is 58.4 Å². The first-order chi connectivity index (χ1) is 12.9. The molecule has 6 heteroatoms. The van der Waals surface area contributed by atoms with Crippen LogP contribution in [0.2, 0.25) is 0 Å². The highest BCUT2D eigenvalue weighted by Crippen LogP contribution is 2.41. The topological polar surface area (TPSA) is 53.4 Å². The number of aromatic nitrogens is 2. The minimum Gasteiger partial charge on any atom is -0.483 e. The Hall–Kier alpha value is -2.60. The summed E-state index contributed by atoms with van der Waals surface area (Å²) in [7, 11) is 0. The Morgan fingerprint density at radius 1 is 1.37 bits per heavy atom. The van der Waals surface area contributed by atoms with Crippen LogP contribution >= 0.6 is 11.3 Å². The highest BCUT2D eigenvalue weighted by Gasteiger charge is 2.32. The number of Topliss-reactive ketones (excluding diaryl/α,β-unsaturated/α-hetero) is 1. The predicted molar refractivity (Wildman–Crippen MR) is 106 cm³/mol. The molecule has 140 valence electrons. The van der Waals surface area contributed by atoms with Gasteiger partial charge in [0.2, 0.25) is 5.78 Å². The van der Waals surface area contributed by atoms with Gasteiger partial charge in [0.15, 0.2) is 23.2 Å². The van der Waals surface area contributed by atoms with Gasteiger partial charge in [-0.1, -0.05) is 12.1 Å². The van der Waals surface area contributed by atoms with E-state index in [2.05, 4.69) is 18.8 Å². The Labute approximate surface area is 162 Å². The summed E-state index contributed by atoms with van der Waals surface area (Å²) >= 11 is 1.55. The number of nitrogens with zero attached hydrogens (tertiary/aromatic N) is 2. The molecule has 27 heavy (non-hydrogen) atoms. The molecule has 0 amide bonds. The molecule has 1 aliphatic rings. The van der Waals surface area contributed by atoms with E-state index in [0.717, 1.165) is 34.3 Å². The van der Waals surface area contributed by atoms with Crippen molar-refractivity contribution >= 4 is 17.1 Å².